The molecule has 7 nitrogen and oxygen atoms in total. The van der Waals surface area contributed by atoms with Gasteiger partial charge in [-0.15, -0.1) is 0 Å². The third kappa shape index (κ3) is 4.53. The smallest absolute Gasteiger partial charge is 0.200 e. The highest BCUT2D eigenvalue weighted by atomic mass is 16.5. The number of hydrogen-bond acceptors (Lipinski definition) is 5. The number of aryl methyl sites for hydroxylation is 1. The summed E-state index contributed by atoms with van der Waals surface area (Å²) in [7, 11) is 4.02. The molecule has 0 saturated carbocycles. The van der Waals surface area contributed by atoms with Crippen LogP contribution in [0.25, 0.3) is 22.3 Å². The van der Waals surface area contributed by atoms with Crippen LogP contribution in [0.2, 0.25) is 0 Å². The zero-order valence-electron chi connectivity index (χ0n) is 20.0. The highest BCUT2D eigenvalue weighted by Crippen LogP contribution is 2.23. The summed E-state index contributed by atoms with van der Waals surface area (Å²) in [6, 6.07) is 23.5. The zero-order chi connectivity index (χ0) is 24.4. The van der Waals surface area contributed by atoms with Gasteiger partial charge in [0.05, 0.1) is 12.1 Å². The molecule has 35 heavy (non-hydrogen) atoms. The molecule has 0 atom stereocenters. The Morgan fingerprint density at radius 1 is 0.971 bits per heavy atom. The van der Waals surface area contributed by atoms with Crippen molar-refractivity contribution in [3.05, 3.63) is 106 Å². The van der Waals surface area contributed by atoms with E-state index >= 15 is 0 Å². The summed E-state index contributed by atoms with van der Waals surface area (Å²) in [6.45, 7) is 2.67. The SMILES string of the molecule is Cc1ccccc1OCc1nc(-c2c[nH]c3ccccc3c2=O)n(Cc2ccccc2N(C)C)n1. The lowest BCUT2D eigenvalue weighted by Crippen LogP contribution is -2.15. The first-order valence-corrected chi connectivity index (χ1v) is 11.5. The molecule has 0 radical (unpaired) electrons. The molecule has 5 aromatic rings. The number of para-hydroxylation sites is 3. The van der Waals surface area contributed by atoms with Crippen molar-refractivity contribution >= 4 is 16.6 Å². The lowest BCUT2D eigenvalue weighted by molar-refractivity contribution is 0.293. The lowest BCUT2D eigenvalue weighted by Gasteiger charge is -2.17. The number of aromatic nitrogens is 4. The number of fused-ring (bicyclic) bond motifs is 1. The molecule has 2 heterocycles. The van der Waals surface area contributed by atoms with E-state index in [0.717, 1.165) is 28.1 Å². The number of aromatic amines is 1. The number of benzene rings is 3. The summed E-state index contributed by atoms with van der Waals surface area (Å²) < 4.78 is 7.80. The van der Waals surface area contributed by atoms with Crippen LogP contribution >= 0.6 is 0 Å². The van der Waals surface area contributed by atoms with E-state index in [1.807, 2.05) is 81.7 Å². The molecule has 3 aromatic carbocycles. The second kappa shape index (κ2) is 9.46. The fraction of sp³-hybridized carbons (Fsp3) is 0.179. The minimum Gasteiger partial charge on any atom is -0.485 e. The van der Waals surface area contributed by atoms with E-state index in [0.29, 0.717) is 29.1 Å². The Morgan fingerprint density at radius 3 is 2.54 bits per heavy atom. The Bertz CT molecular complexity index is 1550. The topological polar surface area (TPSA) is 76.0 Å². The van der Waals surface area contributed by atoms with Crippen molar-refractivity contribution in [2.45, 2.75) is 20.1 Å². The number of H-pyrrole nitrogens is 1. The third-order valence-electron chi connectivity index (χ3n) is 5.99. The van der Waals surface area contributed by atoms with Crippen LogP contribution in [-0.4, -0.2) is 33.8 Å². The highest BCUT2D eigenvalue weighted by molar-refractivity contribution is 5.82. The Labute approximate surface area is 203 Å². The average molecular weight is 466 g/mol. The van der Waals surface area contributed by atoms with Crippen LogP contribution in [0.4, 0.5) is 5.69 Å². The maximum absolute atomic E-state index is 13.4. The average Bonchev–Trinajstić information content (AvgIpc) is 3.26. The van der Waals surface area contributed by atoms with E-state index in [4.69, 9.17) is 14.8 Å². The van der Waals surface area contributed by atoms with Gasteiger partial charge >= 0.3 is 0 Å². The Morgan fingerprint density at radius 2 is 1.71 bits per heavy atom. The van der Waals surface area contributed by atoms with Gasteiger partial charge < -0.3 is 14.6 Å². The van der Waals surface area contributed by atoms with Gasteiger partial charge in [-0.25, -0.2) is 9.67 Å². The molecule has 7 heteroatoms. The molecule has 0 unspecified atom stereocenters. The van der Waals surface area contributed by atoms with E-state index in [9.17, 15) is 4.79 Å². The molecule has 0 bridgehead atoms. The fourth-order valence-corrected chi connectivity index (χ4v) is 4.20. The monoisotopic (exact) mass is 465 g/mol. The number of rotatable bonds is 7. The maximum Gasteiger partial charge on any atom is 0.200 e. The van der Waals surface area contributed by atoms with Crippen molar-refractivity contribution in [1.82, 2.24) is 19.7 Å². The van der Waals surface area contributed by atoms with Gasteiger partial charge in [-0.3, -0.25) is 4.79 Å². The van der Waals surface area contributed by atoms with Crippen LogP contribution in [0.3, 0.4) is 0 Å². The summed E-state index contributed by atoms with van der Waals surface area (Å²) >= 11 is 0. The van der Waals surface area contributed by atoms with Gasteiger partial charge in [-0.05, 0) is 42.3 Å². The molecular formula is C28H27N5O2. The second-order valence-electron chi connectivity index (χ2n) is 8.66. The van der Waals surface area contributed by atoms with Crippen LogP contribution in [0.1, 0.15) is 17.0 Å². The molecule has 0 amide bonds. The van der Waals surface area contributed by atoms with E-state index in [1.165, 1.54) is 0 Å². The quantitative estimate of drug-likeness (QED) is 0.374. The number of pyridine rings is 1. The zero-order valence-corrected chi connectivity index (χ0v) is 20.0. The summed E-state index contributed by atoms with van der Waals surface area (Å²) in [6.07, 6.45) is 1.72. The van der Waals surface area contributed by atoms with E-state index < -0.39 is 0 Å². The van der Waals surface area contributed by atoms with Crippen molar-refractivity contribution in [1.29, 1.82) is 0 Å². The minimum atomic E-state index is -0.0831. The third-order valence-corrected chi connectivity index (χ3v) is 5.99. The van der Waals surface area contributed by atoms with Crippen LogP contribution in [-0.2, 0) is 13.2 Å². The molecule has 0 aliphatic carbocycles. The van der Waals surface area contributed by atoms with Gasteiger partial charge in [0.15, 0.2) is 17.1 Å². The van der Waals surface area contributed by atoms with Crippen LogP contribution in [0.5, 0.6) is 5.75 Å². The summed E-state index contributed by atoms with van der Waals surface area (Å²) in [4.78, 5) is 23.5. The van der Waals surface area contributed by atoms with Crippen molar-refractivity contribution in [2.75, 3.05) is 19.0 Å². The molecule has 0 spiro atoms. The molecular weight excluding hydrogens is 438 g/mol. The summed E-state index contributed by atoms with van der Waals surface area (Å²) in [5, 5.41) is 5.37. The molecule has 5 rings (SSSR count). The Balaban J connectivity index is 1.58. The minimum absolute atomic E-state index is 0.0831. The molecule has 2 aromatic heterocycles. The molecule has 0 fully saturated rings. The molecule has 1 N–H and O–H groups in total. The van der Waals surface area contributed by atoms with Gasteiger partial charge in [0.1, 0.15) is 12.4 Å². The van der Waals surface area contributed by atoms with E-state index in [1.54, 1.807) is 10.9 Å². The lowest BCUT2D eigenvalue weighted by atomic mass is 10.1. The number of nitrogens with zero attached hydrogens (tertiary/aromatic N) is 4. The Kier molecular flexibility index (Phi) is 6.06. The van der Waals surface area contributed by atoms with E-state index in [-0.39, 0.29) is 12.0 Å². The van der Waals surface area contributed by atoms with Crippen molar-refractivity contribution in [2.24, 2.45) is 0 Å². The first-order valence-electron chi connectivity index (χ1n) is 11.5. The molecule has 0 aliphatic rings. The van der Waals surface area contributed by atoms with Crippen molar-refractivity contribution in [3.8, 4) is 17.1 Å². The first-order chi connectivity index (χ1) is 17.0. The van der Waals surface area contributed by atoms with Gasteiger partial charge in [0.25, 0.3) is 0 Å². The number of hydrogen-bond donors (Lipinski definition) is 1. The van der Waals surface area contributed by atoms with Gasteiger partial charge in [0, 0.05) is 36.9 Å². The van der Waals surface area contributed by atoms with Crippen LogP contribution < -0.4 is 15.1 Å². The second-order valence-corrected chi connectivity index (χ2v) is 8.66. The largest absolute Gasteiger partial charge is 0.485 e. The van der Waals surface area contributed by atoms with Gasteiger partial charge in [-0.1, -0.05) is 48.5 Å². The van der Waals surface area contributed by atoms with Crippen LogP contribution in [0, 0.1) is 6.92 Å². The van der Waals surface area contributed by atoms with Crippen molar-refractivity contribution in [3.63, 3.8) is 0 Å². The highest BCUT2D eigenvalue weighted by Gasteiger charge is 2.18. The first kappa shape index (κ1) is 22.4. The van der Waals surface area contributed by atoms with Gasteiger partial charge in [0.2, 0.25) is 0 Å². The normalized spacial score (nSPS) is 11.1. The summed E-state index contributed by atoms with van der Waals surface area (Å²) in [5.41, 5.74) is 4.37. The fourth-order valence-electron chi connectivity index (χ4n) is 4.20. The maximum atomic E-state index is 13.4. The molecule has 176 valence electrons. The molecule has 0 aliphatic heterocycles. The summed E-state index contributed by atoms with van der Waals surface area (Å²) in [5.74, 6) is 1.80. The predicted octanol–water partition coefficient (Wildman–Crippen LogP) is 4.79. The standard InChI is InChI=1S/C28H27N5O2/c1-19-10-4-9-15-25(19)35-18-26-30-28(22-16-29-23-13-7-6-12-21(23)27(22)34)33(31-26)17-20-11-5-8-14-24(20)32(2)3/h4-16H,17-18H2,1-3H3,(H,29,34). The Hall–Kier alpha value is -4.39. The number of ether oxygens (including phenoxy) is 1. The molecule has 0 saturated heterocycles. The van der Waals surface area contributed by atoms with Gasteiger partial charge in [-0.2, -0.15) is 5.10 Å². The van der Waals surface area contributed by atoms with E-state index in [2.05, 4.69) is 22.0 Å². The number of nitrogens with one attached hydrogen (secondary N) is 1. The number of anilines is 1. The van der Waals surface area contributed by atoms with Crippen molar-refractivity contribution < 1.29 is 4.74 Å². The predicted molar refractivity (Wildman–Crippen MR) is 139 cm³/mol. The van der Waals surface area contributed by atoms with Crippen LogP contribution in [0.15, 0.2) is 83.8 Å².